The molecule has 1 aromatic carbocycles. The zero-order valence-electron chi connectivity index (χ0n) is 16.4. The number of H-pyrrole nitrogens is 1. The van der Waals surface area contributed by atoms with Crippen molar-refractivity contribution in [2.45, 2.75) is 13.0 Å². The maximum Gasteiger partial charge on any atom is 0.296 e. The lowest BCUT2D eigenvalue weighted by molar-refractivity contribution is 0.122. The number of hydrogen-bond donors (Lipinski definition) is 2. The maximum atomic E-state index is 13.8. The highest BCUT2D eigenvalue weighted by molar-refractivity contribution is 5.77. The third-order valence-corrected chi connectivity index (χ3v) is 4.88. The summed E-state index contributed by atoms with van der Waals surface area (Å²) in [5.74, 6) is 0.310. The van der Waals surface area contributed by atoms with Crippen molar-refractivity contribution < 1.29 is 13.5 Å². The molecule has 31 heavy (non-hydrogen) atoms. The number of nitrogens with zero attached hydrogens (tertiary/aromatic N) is 7. The van der Waals surface area contributed by atoms with Gasteiger partial charge in [-0.15, -0.1) is 0 Å². The number of aromatic nitrogens is 7. The summed E-state index contributed by atoms with van der Waals surface area (Å²) >= 11 is 0. The number of anilines is 2. The second kappa shape index (κ2) is 8.22. The van der Waals surface area contributed by atoms with E-state index in [2.05, 4.69) is 35.5 Å². The smallest absolute Gasteiger partial charge is 0.296 e. The van der Waals surface area contributed by atoms with Gasteiger partial charge in [0.25, 0.3) is 6.43 Å². The van der Waals surface area contributed by atoms with E-state index in [1.165, 1.54) is 4.57 Å². The van der Waals surface area contributed by atoms with Gasteiger partial charge in [0, 0.05) is 19.3 Å². The Balaban J connectivity index is 1.61. The SMILES string of the molecule is FC(F)c1nc2ccccc2n1-c1nc(NCc2ccn[nH]2)nc(N2CCOCC2)n1. The number of rotatable bonds is 6. The van der Waals surface area contributed by atoms with E-state index in [4.69, 9.17) is 4.74 Å². The Hall–Kier alpha value is -3.67. The molecule has 1 fully saturated rings. The summed E-state index contributed by atoms with van der Waals surface area (Å²) in [6.45, 7) is 2.65. The molecule has 3 aromatic heterocycles. The molecule has 1 aliphatic heterocycles. The molecule has 0 radical (unpaired) electrons. The fraction of sp³-hybridized carbons (Fsp3) is 0.316. The highest BCUT2D eigenvalue weighted by Crippen LogP contribution is 2.27. The summed E-state index contributed by atoms with van der Waals surface area (Å²) in [6.07, 6.45) is -1.15. The molecule has 0 aliphatic carbocycles. The number of nitrogens with one attached hydrogen (secondary N) is 2. The topological polar surface area (TPSA) is 110 Å². The average molecular weight is 427 g/mol. The van der Waals surface area contributed by atoms with Gasteiger partial charge in [-0.05, 0) is 18.2 Å². The first-order chi connectivity index (χ1) is 15.2. The fourth-order valence-corrected chi connectivity index (χ4v) is 3.40. The number of halogens is 2. The summed E-state index contributed by atoms with van der Waals surface area (Å²) in [5.41, 5.74) is 1.77. The van der Waals surface area contributed by atoms with Crippen LogP contribution < -0.4 is 10.2 Å². The van der Waals surface area contributed by atoms with Crippen LogP contribution in [0.5, 0.6) is 0 Å². The number of aromatic amines is 1. The molecule has 0 bridgehead atoms. The zero-order valence-corrected chi connectivity index (χ0v) is 16.4. The van der Waals surface area contributed by atoms with Crippen molar-refractivity contribution >= 4 is 22.9 Å². The molecule has 5 rings (SSSR count). The lowest BCUT2D eigenvalue weighted by Crippen LogP contribution is -2.37. The Morgan fingerprint density at radius 2 is 1.84 bits per heavy atom. The van der Waals surface area contributed by atoms with E-state index in [1.807, 2.05) is 11.0 Å². The van der Waals surface area contributed by atoms with E-state index in [-0.39, 0.29) is 11.9 Å². The standard InChI is InChI=1S/C19H19F2N9O/c20-15(21)16-24-13-3-1-2-4-14(13)30(16)19-26-17(22-11-12-5-6-23-28-12)25-18(27-19)29-7-9-31-10-8-29/h1-6,15H,7-11H2,(H,23,28)(H,22,25,26,27). The minimum atomic E-state index is -2.79. The molecule has 0 unspecified atom stereocenters. The zero-order chi connectivity index (χ0) is 21.2. The first-order valence-electron chi connectivity index (χ1n) is 9.76. The Morgan fingerprint density at radius 1 is 1.03 bits per heavy atom. The molecule has 12 heteroatoms. The van der Waals surface area contributed by atoms with Crippen LogP contribution in [0.4, 0.5) is 20.7 Å². The average Bonchev–Trinajstić information content (AvgIpc) is 3.46. The second-order valence-corrected chi connectivity index (χ2v) is 6.89. The number of fused-ring (bicyclic) bond motifs is 1. The van der Waals surface area contributed by atoms with Crippen LogP contribution in [0.25, 0.3) is 17.0 Å². The third-order valence-electron chi connectivity index (χ3n) is 4.88. The van der Waals surface area contributed by atoms with Gasteiger partial charge in [0.05, 0.1) is 36.5 Å². The van der Waals surface area contributed by atoms with E-state index in [0.29, 0.717) is 49.8 Å². The van der Waals surface area contributed by atoms with Gasteiger partial charge < -0.3 is 15.0 Å². The van der Waals surface area contributed by atoms with Crippen molar-refractivity contribution in [1.82, 2.24) is 34.7 Å². The van der Waals surface area contributed by atoms with Crippen molar-refractivity contribution in [3.05, 3.63) is 48.0 Å². The Morgan fingerprint density at radius 3 is 2.61 bits per heavy atom. The number of ether oxygens (including phenoxy) is 1. The summed E-state index contributed by atoms with van der Waals surface area (Å²) in [4.78, 5) is 19.5. The van der Waals surface area contributed by atoms with E-state index in [0.717, 1.165) is 5.69 Å². The molecule has 10 nitrogen and oxygen atoms in total. The van der Waals surface area contributed by atoms with Gasteiger partial charge >= 0.3 is 0 Å². The van der Waals surface area contributed by atoms with Crippen LogP contribution >= 0.6 is 0 Å². The Labute approximate surface area is 175 Å². The van der Waals surface area contributed by atoms with Crippen molar-refractivity contribution in [2.24, 2.45) is 0 Å². The van der Waals surface area contributed by atoms with Gasteiger partial charge in [-0.1, -0.05) is 12.1 Å². The van der Waals surface area contributed by atoms with Crippen LogP contribution in [-0.4, -0.2) is 61.0 Å². The van der Waals surface area contributed by atoms with Crippen LogP contribution in [0, 0.1) is 0 Å². The fourth-order valence-electron chi connectivity index (χ4n) is 3.40. The van der Waals surface area contributed by atoms with Crippen molar-refractivity contribution in [2.75, 3.05) is 36.5 Å². The van der Waals surface area contributed by atoms with Crippen LogP contribution in [0.2, 0.25) is 0 Å². The molecule has 1 saturated heterocycles. The van der Waals surface area contributed by atoms with Crippen LogP contribution in [-0.2, 0) is 11.3 Å². The van der Waals surface area contributed by atoms with Gasteiger partial charge in [-0.2, -0.15) is 20.1 Å². The van der Waals surface area contributed by atoms with Crippen LogP contribution in [0.15, 0.2) is 36.5 Å². The first kappa shape index (κ1) is 19.3. The van der Waals surface area contributed by atoms with Crippen molar-refractivity contribution in [3.8, 4) is 5.95 Å². The number of hydrogen-bond acceptors (Lipinski definition) is 8. The van der Waals surface area contributed by atoms with E-state index in [1.54, 1.807) is 30.5 Å². The quantitative estimate of drug-likeness (QED) is 0.483. The minimum absolute atomic E-state index is 0.0765. The Bertz CT molecular complexity index is 1170. The largest absolute Gasteiger partial charge is 0.378 e. The summed E-state index contributed by atoms with van der Waals surface area (Å²) in [7, 11) is 0. The molecule has 0 saturated carbocycles. The van der Waals surface area contributed by atoms with Crippen molar-refractivity contribution in [1.29, 1.82) is 0 Å². The number of imidazole rings is 1. The number of alkyl halides is 2. The molecule has 0 atom stereocenters. The van der Waals surface area contributed by atoms with Gasteiger partial charge in [0.1, 0.15) is 0 Å². The van der Waals surface area contributed by atoms with Gasteiger partial charge in [-0.25, -0.2) is 13.8 Å². The highest BCUT2D eigenvalue weighted by atomic mass is 19.3. The molecule has 0 amide bonds. The molecule has 160 valence electrons. The van der Waals surface area contributed by atoms with E-state index >= 15 is 0 Å². The summed E-state index contributed by atoms with van der Waals surface area (Å²) < 4.78 is 34.4. The molecule has 2 N–H and O–H groups in total. The van der Waals surface area contributed by atoms with E-state index in [9.17, 15) is 8.78 Å². The predicted molar refractivity (Wildman–Crippen MR) is 108 cm³/mol. The van der Waals surface area contributed by atoms with Gasteiger partial charge in [0.2, 0.25) is 17.8 Å². The van der Waals surface area contributed by atoms with Gasteiger partial charge in [-0.3, -0.25) is 9.67 Å². The third kappa shape index (κ3) is 3.89. The lowest BCUT2D eigenvalue weighted by Gasteiger charge is -2.27. The molecule has 4 heterocycles. The Kier molecular flexibility index (Phi) is 5.12. The highest BCUT2D eigenvalue weighted by Gasteiger charge is 2.24. The first-order valence-corrected chi connectivity index (χ1v) is 9.76. The predicted octanol–water partition coefficient (Wildman–Crippen LogP) is 2.32. The van der Waals surface area contributed by atoms with Gasteiger partial charge in [0.15, 0.2) is 5.82 Å². The second-order valence-electron chi connectivity index (χ2n) is 6.89. The van der Waals surface area contributed by atoms with Crippen LogP contribution in [0.3, 0.4) is 0 Å². The summed E-state index contributed by atoms with van der Waals surface area (Å²) in [5, 5.41) is 9.88. The monoisotopic (exact) mass is 427 g/mol. The lowest BCUT2D eigenvalue weighted by atomic mass is 10.3. The molecular weight excluding hydrogens is 408 g/mol. The molecular formula is C19H19F2N9O. The maximum absolute atomic E-state index is 13.8. The molecule has 1 aliphatic rings. The van der Waals surface area contributed by atoms with E-state index < -0.39 is 12.2 Å². The minimum Gasteiger partial charge on any atom is -0.378 e. The normalized spacial score (nSPS) is 14.5. The number of benzene rings is 1. The van der Waals surface area contributed by atoms with Crippen LogP contribution in [0.1, 0.15) is 17.9 Å². The molecule has 0 spiro atoms. The molecule has 4 aromatic rings. The summed E-state index contributed by atoms with van der Waals surface area (Å²) in [6, 6.07) is 8.72. The number of para-hydroxylation sites is 2. The number of morpholine rings is 1. The van der Waals surface area contributed by atoms with Crippen molar-refractivity contribution in [3.63, 3.8) is 0 Å².